The van der Waals surface area contributed by atoms with Crippen molar-refractivity contribution in [3.8, 4) is 0 Å². The Morgan fingerprint density at radius 1 is 1.25 bits per heavy atom. The van der Waals surface area contributed by atoms with Gasteiger partial charge in [-0.1, -0.05) is 45.0 Å². The molecule has 2 atom stereocenters. The number of carbonyl (C=O) groups excluding carboxylic acids is 1. The van der Waals surface area contributed by atoms with E-state index >= 15 is 0 Å². The van der Waals surface area contributed by atoms with E-state index in [4.69, 9.17) is 4.74 Å². The minimum Gasteiger partial charge on any atom is -0.467 e. The third-order valence-corrected chi connectivity index (χ3v) is 4.02. The third-order valence-electron chi connectivity index (χ3n) is 4.02. The van der Waals surface area contributed by atoms with Gasteiger partial charge in [0, 0.05) is 6.04 Å². The molecule has 0 aromatic heterocycles. The molecule has 3 nitrogen and oxygen atoms in total. The fraction of sp³-hybridized carbons (Fsp3) is 0.588. The van der Waals surface area contributed by atoms with Crippen LogP contribution in [-0.4, -0.2) is 19.1 Å². The number of esters is 1. The van der Waals surface area contributed by atoms with E-state index in [9.17, 15) is 4.79 Å². The molecule has 0 saturated heterocycles. The summed E-state index contributed by atoms with van der Waals surface area (Å²) < 4.78 is 5.06. The Balaban J connectivity index is 3.22. The fourth-order valence-corrected chi connectivity index (χ4v) is 2.43. The van der Waals surface area contributed by atoms with E-state index in [1.807, 2.05) is 19.1 Å². The Morgan fingerprint density at radius 3 is 2.25 bits per heavy atom. The minimum atomic E-state index is -0.754. The lowest BCUT2D eigenvalue weighted by molar-refractivity contribution is -0.149. The molecule has 0 spiro atoms. The summed E-state index contributed by atoms with van der Waals surface area (Å²) in [6, 6.07) is 8.49. The molecule has 1 N–H and O–H groups in total. The molecule has 0 heterocycles. The SMILES string of the molecule is CCc1ccc(C(CC)(NC(C)CC)C(=O)OC)cc1. The second kappa shape index (κ2) is 7.44. The van der Waals surface area contributed by atoms with Crippen molar-refractivity contribution in [1.82, 2.24) is 5.32 Å². The Bertz CT molecular complexity index is 427. The van der Waals surface area contributed by atoms with Crippen LogP contribution >= 0.6 is 0 Å². The van der Waals surface area contributed by atoms with Crippen LogP contribution in [0.3, 0.4) is 0 Å². The summed E-state index contributed by atoms with van der Waals surface area (Å²) in [7, 11) is 1.45. The van der Waals surface area contributed by atoms with Gasteiger partial charge >= 0.3 is 5.97 Å². The molecule has 0 saturated carbocycles. The Hall–Kier alpha value is -1.35. The topological polar surface area (TPSA) is 38.3 Å². The van der Waals surface area contributed by atoms with E-state index in [-0.39, 0.29) is 12.0 Å². The first-order chi connectivity index (χ1) is 9.53. The van der Waals surface area contributed by atoms with Crippen LogP contribution < -0.4 is 5.32 Å². The fourth-order valence-electron chi connectivity index (χ4n) is 2.43. The highest BCUT2D eigenvalue weighted by atomic mass is 16.5. The molecule has 20 heavy (non-hydrogen) atoms. The molecule has 1 aromatic rings. The van der Waals surface area contributed by atoms with Crippen molar-refractivity contribution in [2.24, 2.45) is 0 Å². The molecule has 0 aliphatic heterocycles. The molecule has 2 unspecified atom stereocenters. The van der Waals surface area contributed by atoms with Gasteiger partial charge in [-0.05, 0) is 37.3 Å². The highest BCUT2D eigenvalue weighted by molar-refractivity contribution is 5.82. The van der Waals surface area contributed by atoms with Gasteiger partial charge in [0.15, 0.2) is 0 Å². The standard InChI is InChI=1S/C17H27NO2/c1-6-13(4)18-17(8-3,16(19)20-5)15-11-9-14(7-2)10-12-15/h9-13,18H,6-8H2,1-5H3. The molecular weight excluding hydrogens is 250 g/mol. The van der Waals surface area contributed by atoms with E-state index in [1.54, 1.807) is 0 Å². The zero-order valence-electron chi connectivity index (χ0n) is 13.3. The molecule has 1 aromatic carbocycles. The van der Waals surface area contributed by atoms with Crippen LogP contribution in [-0.2, 0) is 21.5 Å². The second-order valence-electron chi connectivity index (χ2n) is 5.25. The van der Waals surface area contributed by atoms with Gasteiger partial charge in [0.25, 0.3) is 0 Å². The smallest absolute Gasteiger partial charge is 0.330 e. The van der Waals surface area contributed by atoms with Crippen LogP contribution in [0.1, 0.15) is 51.7 Å². The molecule has 112 valence electrons. The molecule has 3 heteroatoms. The molecular formula is C17H27NO2. The maximum atomic E-state index is 12.4. The second-order valence-corrected chi connectivity index (χ2v) is 5.25. The number of benzene rings is 1. The Labute approximate surface area is 122 Å². The van der Waals surface area contributed by atoms with Gasteiger partial charge in [-0.15, -0.1) is 0 Å². The minimum absolute atomic E-state index is 0.218. The van der Waals surface area contributed by atoms with Gasteiger partial charge in [-0.2, -0.15) is 0 Å². The van der Waals surface area contributed by atoms with E-state index < -0.39 is 5.54 Å². The van der Waals surface area contributed by atoms with Crippen LogP contribution in [0.5, 0.6) is 0 Å². The zero-order chi connectivity index (χ0) is 15.2. The zero-order valence-corrected chi connectivity index (χ0v) is 13.3. The average Bonchev–Trinajstić information content (AvgIpc) is 2.51. The van der Waals surface area contributed by atoms with Gasteiger partial charge in [0.05, 0.1) is 7.11 Å². The maximum Gasteiger partial charge on any atom is 0.330 e. The number of hydrogen-bond donors (Lipinski definition) is 1. The maximum absolute atomic E-state index is 12.4. The van der Waals surface area contributed by atoms with Gasteiger partial charge in [-0.3, -0.25) is 5.32 Å². The molecule has 0 aliphatic carbocycles. The lowest BCUT2D eigenvalue weighted by Crippen LogP contribution is -2.52. The van der Waals surface area contributed by atoms with Crippen molar-refractivity contribution >= 4 is 5.97 Å². The van der Waals surface area contributed by atoms with Crippen molar-refractivity contribution in [2.45, 2.75) is 58.5 Å². The Morgan fingerprint density at radius 2 is 1.85 bits per heavy atom. The molecule has 0 amide bonds. The molecule has 1 rings (SSSR count). The van der Waals surface area contributed by atoms with Crippen molar-refractivity contribution in [2.75, 3.05) is 7.11 Å². The first kappa shape index (κ1) is 16.7. The molecule has 0 radical (unpaired) electrons. The van der Waals surface area contributed by atoms with E-state index in [0.29, 0.717) is 6.42 Å². The summed E-state index contributed by atoms with van der Waals surface area (Å²) >= 11 is 0. The number of rotatable bonds is 7. The first-order valence-electron chi connectivity index (χ1n) is 7.49. The van der Waals surface area contributed by atoms with Gasteiger partial charge < -0.3 is 4.74 Å². The monoisotopic (exact) mass is 277 g/mol. The van der Waals surface area contributed by atoms with Crippen LogP contribution in [0, 0.1) is 0 Å². The number of nitrogens with one attached hydrogen (secondary N) is 1. The highest BCUT2D eigenvalue weighted by Crippen LogP contribution is 2.28. The van der Waals surface area contributed by atoms with Gasteiger partial charge in [-0.25, -0.2) is 4.79 Å². The van der Waals surface area contributed by atoms with E-state index in [2.05, 4.69) is 38.2 Å². The van der Waals surface area contributed by atoms with Crippen molar-refractivity contribution in [1.29, 1.82) is 0 Å². The summed E-state index contributed by atoms with van der Waals surface area (Å²) in [4.78, 5) is 12.4. The van der Waals surface area contributed by atoms with Crippen LogP contribution in [0.25, 0.3) is 0 Å². The largest absolute Gasteiger partial charge is 0.467 e. The van der Waals surface area contributed by atoms with Crippen molar-refractivity contribution in [3.05, 3.63) is 35.4 Å². The van der Waals surface area contributed by atoms with Crippen LogP contribution in [0.2, 0.25) is 0 Å². The number of ether oxygens (including phenoxy) is 1. The highest BCUT2D eigenvalue weighted by Gasteiger charge is 2.40. The van der Waals surface area contributed by atoms with Gasteiger partial charge in [0.2, 0.25) is 0 Å². The summed E-state index contributed by atoms with van der Waals surface area (Å²) in [5.41, 5.74) is 1.49. The normalized spacial score (nSPS) is 15.4. The number of carbonyl (C=O) groups is 1. The predicted octanol–water partition coefficient (Wildman–Crippen LogP) is 3.42. The summed E-state index contributed by atoms with van der Waals surface area (Å²) in [6.07, 6.45) is 2.62. The van der Waals surface area contributed by atoms with Crippen molar-refractivity contribution < 1.29 is 9.53 Å². The van der Waals surface area contributed by atoms with E-state index in [0.717, 1.165) is 18.4 Å². The van der Waals surface area contributed by atoms with E-state index in [1.165, 1.54) is 12.7 Å². The summed E-state index contributed by atoms with van der Waals surface area (Å²) in [5, 5.41) is 3.46. The van der Waals surface area contributed by atoms with Crippen LogP contribution in [0.15, 0.2) is 24.3 Å². The Kier molecular flexibility index (Phi) is 6.21. The third kappa shape index (κ3) is 3.40. The number of methoxy groups -OCH3 is 1. The predicted molar refractivity (Wildman–Crippen MR) is 82.7 cm³/mol. The lowest BCUT2D eigenvalue weighted by Gasteiger charge is -2.34. The molecule has 0 bridgehead atoms. The molecule has 0 fully saturated rings. The van der Waals surface area contributed by atoms with Crippen LogP contribution in [0.4, 0.5) is 0 Å². The van der Waals surface area contributed by atoms with Gasteiger partial charge in [0.1, 0.15) is 5.54 Å². The quantitative estimate of drug-likeness (QED) is 0.776. The van der Waals surface area contributed by atoms with Crippen molar-refractivity contribution in [3.63, 3.8) is 0 Å². The number of hydrogen-bond acceptors (Lipinski definition) is 3. The average molecular weight is 277 g/mol. The molecule has 0 aliphatic rings. The number of aryl methyl sites for hydroxylation is 1. The first-order valence-corrected chi connectivity index (χ1v) is 7.49. The summed E-state index contributed by atoms with van der Waals surface area (Å²) in [5.74, 6) is -0.218. The summed E-state index contributed by atoms with van der Waals surface area (Å²) in [6.45, 7) is 8.34. The lowest BCUT2D eigenvalue weighted by atomic mass is 9.85.